The first-order valence-corrected chi connectivity index (χ1v) is 5.28. The molecule has 0 fully saturated rings. The van der Waals surface area contributed by atoms with Gasteiger partial charge in [-0.15, -0.1) is 0 Å². The summed E-state index contributed by atoms with van der Waals surface area (Å²) in [4.78, 5) is 0. The maximum absolute atomic E-state index is 5.78. The molecule has 0 aliphatic carbocycles. The van der Waals surface area contributed by atoms with Crippen molar-refractivity contribution in [1.82, 2.24) is 0 Å². The summed E-state index contributed by atoms with van der Waals surface area (Å²) in [6.07, 6.45) is 0. The molecule has 0 aliphatic heterocycles. The van der Waals surface area contributed by atoms with Crippen molar-refractivity contribution in [3.8, 4) is 5.75 Å². The predicted molar refractivity (Wildman–Crippen MR) is 66.4 cm³/mol. The van der Waals surface area contributed by atoms with Crippen molar-refractivity contribution in [3.63, 3.8) is 0 Å². The molecule has 0 radical (unpaired) electrons. The molecule has 2 N–H and O–H groups in total. The summed E-state index contributed by atoms with van der Waals surface area (Å²) in [5.41, 5.74) is 8.86. The number of hydrogen-bond acceptors (Lipinski definition) is 2. The van der Waals surface area contributed by atoms with Gasteiger partial charge in [-0.1, -0.05) is 42.0 Å². The molecular formula is C14H15NO. The van der Waals surface area contributed by atoms with E-state index < -0.39 is 0 Å². The summed E-state index contributed by atoms with van der Waals surface area (Å²) in [5.74, 6) is 0.739. The van der Waals surface area contributed by atoms with Crippen LogP contribution in [0.4, 0.5) is 5.69 Å². The van der Waals surface area contributed by atoms with Crippen molar-refractivity contribution in [1.29, 1.82) is 0 Å². The monoisotopic (exact) mass is 213 g/mol. The molecule has 0 saturated carbocycles. The maximum Gasteiger partial charge on any atom is 0.142 e. The third kappa shape index (κ3) is 2.54. The first-order chi connectivity index (χ1) is 7.75. The number of rotatable bonds is 3. The molecule has 2 rings (SSSR count). The van der Waals surface area contributed by atoms with Gasteiger partial charge in [-0.3, -0.25) is 0 Å². The Bertz CT molecular complexity index is 462. The van der Waals surface area contributed by atoms with Crippen LogP contribution < -0.4 is 10.5 Å². The molecule has 0 spiro atoms. The number of nitrogen functional groups attached to an aromatic ring is 1. The van der Waals surface area contributed by atoms with Crippen LogP contribution in [0.25, 0.3) is 0 Å². The van der Waals surface area contributed by atoms with Gasteiger partial charge in [0, 0.05) is 0 Å². The summed E-state index contributed by atoms with van der Waals surface area (Å²) < 4.78 is 5.64. The van der Waals surface area contributed by atoms with E-state index in [0.29, 0.717) is 12.3 Å². The lowest BCUT2D eigenvalue weighted by Gasteiger charge is -2.08. The van der Waals surface area contributed by atoms with Crippen molar-refractivity contribution in [2.45, 2.75) is 13.5 Å². The largest absolute Gasteiger partial charge is 0.487 e. The van der Waals surface area contributed by atoms with Crippen molar-refractivity contribution in [2.24, 2.45) is 0 Å². The van der Waals surface area contributed by atoms with E-state index in [2.05, 4.69) is 31.2 Å². The van der Waals surface area contributed by atoms with E-state index in [1.165, 1.54) is 5.56 Å². The second kappa shape index (κ2) is 4.71. The highest BCUT2D eigenvalue weighted by Crippen LogP contribution is 2.20. The van der Waals surface area contributed by atoms with Crippen molar-refractivity contribution in [2.75, 3.05) is 5.73 Å². The Morgan fingerprint density at radius 3 is 2.38 bits per heavy atom. The molecule has 82 valence electrons. The van der Waals surface area contributed by atoms with Gasteiger partial charge >= 0.3 is 0 Å². The summed E-state index contributed by atoms with van der Waals surface area (Å²) in [6, 6.07) is 15.8. The Balaban J connectivity index is 2.02. The Kier molecular flexibility index (Phi) is 3.10. The number of aryl methyl sites for hydroxylation is 1. The molecule has 0 aromatic heterocycles. The molecule has 0 atom stereocenters. The zero-order chi connectivity index (χ0) is 11.4. The zero-order valence-corrected chi connectivity index (χ0v) is 9.31. The number of nitrogens with two attached hydrogens (primary N) is 1. The highest BCUT2D eigenvalue weighted by Gasteiger charge is 1.99. The van der Waals surface area contributed by atoms with Crippen LogP contribution >= 0.6 is 0 Å². The zero-order valence-electron chi connectivity index (χ0n) is 9.31. The molecule has 2 aromatic rings. The van der Waals surface area contributed by atoms with E-state index in [0.717, 1.165) is 11.3 Å². The van der Waals surface area contributed by atoms with Crippen LogP contribution in [0.2, 0.25) is 0 Å². The molecule has 16 heavy (non-hydrogen) atoms. The molecule has 2 heteroatoms. The van der Waals surface area contributed by atoms with E-state index in [-0.39, 0.29) is 0 Å². The first kappa shape index (κ1) is 10.6. The van der Waals surface area contributed by atoms with Crippen LogP contribution in [0.3, 0.4) is 0 Å². The van der Waals surface area contributed by atoms with Gasteiger partial charge in [-0.05, 0) is 24.6 Å². The maximum atomic E-state index is 5.78. The summed E-state index contributed by atoms with van der Waals surface area (Å²) in [5, 5.41) is 0. The van der Waals surface area contributed by atoms with Crippen LogP contribution in [0.15, 0.2) is 48.5 Å². The molecule has 2 nitrogen and oxygen atoms in total. The van der Waals surface area contributed by atoms with Gasteiger partial charge in [0.2, 0.25) is 0 Å². The minimum atomic E-state index is 0.550. The Hall–Kier alpha value is -1.96. The van der Waals surface area contributed by atoms with Gasteiger partial charge in [0.1, 0.15) is 12.4 Å². The van der Waals surface area contributed by atoms with Crippen LogP contribution in [0, 0.1) is 6.92 Å². The smallest absolute Gasteiger partial charge is 0.142 e. The average Bonchev–Trinajstić information content (AvgIpc) is 2.30. The highest BCUT2D eigenvalue weighted by molar-refractivity contribution is 5.51. The Morgan fingerprint density at radius 1 is 1.00 bits per heavy atom. The summed E-state index contributed by atoms with van der Waals surface area (Å²) in [6.45, 7) is 2.62. The van der Waals surface area contributed by atoms with E-state index in [1.807, 2.05) is 24.3 Å². The third-order valence-corrected chi connectivity index (χ3v) is 2.43. The SMILES string of the molecule is Cc1ccc(COc2ccccc2N)cc1. The quantitative estimate of drug-likeness (QED) is 0.795. The van der Waals surface area contributed by atoms with Gasteiger partial charge in [-0.25, -0.2) is 0 Å². The van der Waals surface area contributed by atoms with Gasteiger partial charge < -0.3 is 10.5 Å². The van der Waals surface area contributed by atoms with E-state index in [1.54, 1.807) is 0 Å². The lowest BCUT2D eigenvalue weighted by molar-refractivity contribution is 0.308. The topological polar surface area (TPSA) is 35.2 Å². The van der Waals surface area contributed by atoms with Crippen LogP contribution in [-0.4, -0.2) is 0 Å². The number of para-hydroxylation sites is 2. The second-order valence-corrected chi connectivity index (χ2v) is 3.81. The minimum absolute atomic E-state index is 0.550. The van der Waals surface area contributed by atoms with Gasteiger partial charge in [0.25, 0.3) is 0 Å². The lowest BCUT2D eigenvalue weighted by Crippen LogP contribution is -1.98. The van der Waals surface area contributed by atoms with Gasteiger partial charge in [0.15, 0.2) is 0 Å². The molecule has 2 aromatic carbocycles. The van der Waals surface area contributed by atoms with Crippen LogP contribution in [0.1, 0.15) is 11.1 Å². The van der Waals surface area contributed by atoms with Crippen LogP contribution in [0.5, 0.6) is 5.75 Å². The van der Waals surface area contributed by atoms with E-state index in [9.17, 15) is 0 Å². The van der Waals surface area contributed by atoms with Gasteiger partial charge in [0.05, 0.1) is 5.69 Å². The van der Waals surface area contributed by atoms with Crippen molar-refractivity contribution >= 4 is 5.69 Å². The number of anilines is 1. The molecule has 0 amide bonds. The number of benzene rings is 2. The third-order valence-electron chi connectivity index (χ3n) is 2.43. The summed E-state index contributed by atoms with van der Waals surface area (Å²) in [7, 11) is 0. The van der Waals surface area contributed by atoms with Crippen molar-refractivity contribution in [3.05, 3.63) is 59.7 Å². The molecule has 0 saturated heterocycles. The fourth-order valence-electron chi connectivity index (χ4n) is 1.46. The van der Waals surface area contributed by atoms with Crippen molar-refractivity contribution < 1.29 is 4.74 Å². The normalized spacial score (nSPS) is 10.1. The standard InChI is InChI=1S/C14H15NO/c1-11-6-8-12(9-7-11)10-16-14-5-3-2-4-13(14)15/h2-9H,10,15H2,1H3. The van der Waals surface area contributed by atoms with Crippen LogP contribution in [-0.2, 0) is 6.61 Å². The highest BCUT2D eigenvalue weighted by atomic mass is 16.5. The molecule has 0 bridgehead atoms. The minimum Gasteiger partial charge on any atom is -0.487 e. The second-order valence-electron chi connectivity index (χ2n) is 3.81. The van der Waals surface area contributed by atoms with E-state index >= 15 is 0 Å². The molecule has 0 unspecified atom stereocenters. The number of ether oxygens (including phenoxy) is 1. The Morgan fingerprint density at radius 2 is 1.69 bits per heavy atom. The molecular weight excluding hydrogens is 198 g/mol. The fraction of sp³-hybridized carbons (Fsp3) is 0.143. The molecule has 0 aliphatic rings. The lowest BCUT2D eigenvalue weighted by atomic mass is 10.2. The Labute approximate surface area is 95.7 Å². The number of hydrogen-bond donors (Lipinski definition) is 1. The summed E-state index contributed by atoms with van der Waals surface area (Å²) >= 11 is 0. The van der Waals surface area contributed by atoms with Gasteiger partial charge in [-0.2, -0.15) is 0 Å². The molecule has 0 heterocycles. The first-order valence-electron chi connectivity index (χ1n) is 5.28. The average molecular weight is 213 g/mol. The van der Waals surface area contributed by atoms with E-state index in [4.69, 9.17) is 10.5 Å². The predicted octanol–water partition coefficient (Wildman–Crippen LogP) is 3.16. The fourth-order valence-corrected chi connectivity index (χ4v) is 1.46.